The fourth-order valence-corrected chi connectivity index (χ4v) is 2.63. The maximum absolute atomic E-state index is 5.69. The molecule has 16 heavy (non-hydrogen) atoms. The summed E-state index contributed by atoms with van der Waals surface area (Å²) in [5.41, 5.74) is 5.69. The van der Waals surface area contributed by atoms with Gasteiger partial charge in [-0.15, -0.1) is 0 Å². The van der Waals surface area contributed by atoms with Gasteiger partial charge in [-0.1, -0.05) is 6.42 Å². The van der Waals surface area contributed by atoms with Gasteiger partial charge < -0.3 is 10.6 Å². The number of halogens is 1. The van der Waals surface area contributed by atoms with Crippen LogP contribution in [0.5, 0.6) is 0 Å². The molecular formula is C11H19BrN4. The number of nitrogens with zero attached hydrogens (tertiary/aromatic N) is 3. The lowest BCUT2D eigenvalue weighted by molar-refractivity contribution is 0.169. The summed E-state index contributed by atoms with van der Waals surface area (Å²) in [7, 11) is 2.22. The van der Waals surface area contributed by atoms with Crippen molar-refractivity contribution in [1.29, 1.82) is 0 Å². The molecule has 90 valence electrons. The molecule has 2 heterocycles. The lowest BCUT2D eigenvalue weighted by Crippen LogP contribution is -2.36. The van der Waals surface area contributed by atoms with E-state index in [1.165, 1.54) is 25.8 Å². The fourth-order valence-electron chi connectivity index (χ4n) is 2.32. The molecule has 1 aromatic rings. The lowest BCUT2D eigenvalue weighted by atomic mass is 10.0. The summed E-state index contributed by atoms with van der Waals surface area (Å²) in [5, 5.41) is 4.25. The summed E-state index contributed by atoms with van der Waals surface area (Å²) in [6.07, 6.45) is 7.13. The molecule has 5 heteroatoms. The van der Waals surface area contributed by atoms with Gasteiger partial charge in [-0.25, -0.2) is 0 Å². The van der Waals surface area contributed by atoms with Crippen LogP contribution in [0.25, 0.3) is 0 Å². The molecule has 0 saturated carbocycles. The van der Waals surface area contributed by atoms with Crippen LogP contribution in [0.3, 0.4) is 0 Å². The minimum Gasteiger partial charge on any atom is -0.381 e. The number of hydrogen-bond acceptors (Lipinski definition) is 3. The maximum atomic E-state index is 5.69. The van der Waals surface area contributed by atoms with Crippen molar-refractivity contribution in [2.75, 3.05) is 19.3 Å². The standard InChI is InChI=1S/C11H19BrN4/c1-15-6-3-2-4-9(15)5-7-16-8-10(12)11(13)14-16/h8-9H,2-7H2,1H3,(H2,13,14). The zero-order valence-electron chi connectivity index (χ0n) is 9.69. The van der Waals surface area contributed by atoms with Gasteiger partial charge in [0.15, 0.2) is 5.82 Å². The third-order valence-corrected chi connectivity index (χ3v) is 3.97. The van der Waals surface area contributed by atoms with Gasteiger partial charge in [0.25, 0.3) is 0 Å². The van der Waals surface area contributed by atoms with E-state index in [9.17, 15) is 0 Å². The largest absolute Gasteiger partial charge is 0.381 e. The predicted octanol–water partition coefficient (Wildman–Crippen LogP) is 2.10. The van der Waals surface area contributed by atoms with E-state index >= 15 is 0 Å². The smallest absolute Gasteiger partial charge is 0.159 e. The van der Waals surface area contributed by atoms with E-state index < -0.39 is 0 Å². The van der Waals surface area contributed by atoms with Crippen LogP contribution in [0, 0.1) is 0 Å². The number of likely N-dealkylation sites (tertiary alicyclic amines) is 1. The van der Waals surface area contributed by atoms with E-state index in [-0.39, 0.29) is 0 Å². The first-order chi connectivity index (χ1) is 7.66. The Labute approximate surface area is 105 Å². The number of aromatic nitrogens is 2. The Balaban J connectivity index is 1.86. The molecule has 2 rings (SSSR count). The molecule has 1 aliphatic rings. The van der Waals surface area contributed by atoms with Gasteiger partial charge in [0.1, 0.15) is 0 Å². The quantitative estimate of drug-likeness (QED) is 0.926. The van der Waals surface area contributed by atoms with Crippen molar-refractivity contribution in [2.45, 2.75) is 38.3 Å². The van der Waals surface area contributed by atoms with Crippen LogP contribution in [0.2, 0.25) is 0 Å². The van der Waals surface area contributed by atoms with Gasteiger partial charge in [0, 0.05) is 18.8 Å². The highest BCUT2D eigenvalue weighted by atomic mass is 79.9. The second kappa shape index (κ2) is 5.19. The second-order valence-electron chi connectivity index (χ2n) is 4.54. The van der Waals surface area contributed by atoms with Crippen molar-refractivity contribution in [1.82, 2.24) is 14.7 Å². The zero-order valence-corrected chi connectivity index (χ0v) is 11.3. The van der Waals surface area contributed by atoms with E-state index in [1.807, 2.05) is 10.9 Å². The maximum Gasteiger partial charge on any atom is 0.159 e. The number of piperidine rings is 1. The number of nitrogens with two attached hydrogens (primary N) is 1. The van der Waals surface area contributed by atoms with Crippen LogP contribution < -0.4 is 5.73 Å². The molecule has 0 aromatic carbocycles. The van der Waals surface area contributed by atoms with Crippen molar-refractivity contribution >= 4 is 21.7 Å². The Morgan fingerprint density at radius 2 is 2.38 bits per heavy atom. The third kappa shape index (κ3) is 2.77. The molecule has 0 amide bonds. The highest BCUT2D eigenvalue weighted by Gasteiger charge is 2.18. The Bertz CT molecular complexity index is 330. The number of aryl methyl sites for hydroxylation is 1. The summed E-state index contributed by atoms with van der Waals surface area (Å²) in [5.74, 6) is 0.581. The first-order valence-electron chi connectivity index (χ1n) is 5.85. The van der Waals surface area contributed by atoms with E-state index in [0.717, 1.165) is 17.4 Å². The normalized spacial score (nSPS) is 22.5. The topological polar surface area (TPSA) is 47.1 Å². The SMILES string of the molecule is CN1CCCCC1CCn1cc(Br)c(N)n1. The first kappa shape index (κ1) is 11.9. The summed E-state index contributed by atoms with van der Waals surface area (Å²) < 4.78 is 2.83. The second-order valence-corrected chi connectivity index (χ2v) is 5.40. The van der Waals surface area contributed by atoms with Crippen LogP contribution in [0.1, 0.15) is 25.7 Å². The Kier molecular flexibility index (Phi) is 3.86. The summed E-state index contributed by atoms with van der Waals surface area (Å²) >= 11 is 3.38. The first-order valence-corrected chi connectivity index (χ1v) is 6.65. The van der Waals surface area contributed by atoms with Gasteiger partial charge >= 0.3 is 0 Å². The number of hydrogen-bond donors (Lipinski definition) is 1. The average molecular weight is 287 g/mol. The van der Waals surface area contributed by atoms with Crippen molar-refractivity contribution in [3.05, 3.63) is 10.7 Å². The molecule has 1 saturated heterocycles. The number of anilines is 1. The molecule has 0 aliphatic carbocycles. The van der Waals surface area contributed by atoms with Crippen LogP contribution in [0.15, 0.2) is 10.7 Å². The molecule has 1 fully saturated rings. The molecule has 4 nitrogen and oxygen atoms in total. The predicted molar refractivity (Wildman–Crippen MR) is 69.2 cm³/mol. The van der Waals surface area contributed by atoms with E-state index in [0.29, 0.717) is 11.9 Å². The van der Waals surface area contributed by atoms with Gasteiger partial charge in [0.05, 0.1) is 4.47 Å². The monoisotopic (exact) mass is 286 g/mol. The molecule has 0 radical (unpaired) electrons. The molecular weight excluding hydrogens is 268 g/mol. The summed E-state index contributed by atoms with van der Waals surface area (Å²) in [6, 6.07) is 0.706. The van der Waals surface area contributed by atoms with Crippen molar-refractivity contribution < 1.29 is 0 Å². The van der Waals surface area contributed by atoms with E-state index in [4.69, 9.17) is 5.73 Å². The zero-order chi connectivity index (χ0) is 11.5. The minimum absolute atomic E-state index is 0.581. The molecule has 1 unspecified atom stereocenters. The minimum atomic E-state index is 0.581. The summed E-state index contributed by atoms with van der Waals surface area (Å²) in [4.78, 5) is 2.46. The highest BCUT2D eigenvalue weighted by Crippen LogP contribution is 2.20. The Hall–Kier alpha value is -0.550. The third-order valence-electron chi connectivity index (χ3n) is 3.36. The number of rotatable bonds is 3. The van der Waals surface area contributed by atoms with Crippen LogP contribution in [0.4, 0.5) is 5.82 Å². The van der Waals surface area contributed by atoms with Crippen LogP contribution in [-0.2, 0) is 6.54 Å². The van der Waals surface area contributed by atoms with E-state index in [1.54, 1.807) is 0 Å². The Morgan fingerprint density at radius 1 is 1.56 bits per heavy atom. The number of nitrogen functional groups attached to an aromatic ring is 1. The Morgan fingerprint density at radius 3 is 3.00 bits per heavy atom. The molecule has 0 bridgehead atoms. The van der Waals surface area contributed by atoms with Crippen LogP contribution in [-0.4, -0.2) is 34.3 Å². The highest BCUT2D eigenvalue weighted by molar-refractivity contribution is 9.10. The molecule has 1 aliphatic heterocycles. The molecule has 1 atom stereocenters. The van der Waals surface area contributed by atoms with Crippen molar-refractivity contribution in [2.24, 2.45) is 0 Å². The average Bonchev–Trinajstić information content (AvgIpc) is 2.57. The molecule has 1 aromatic heterocycles. The summed E-state index contributed by atoms with van der Waals surface area (Å²) in [6.45, 7) is 2.18. The van der Waals surface area contributed by atoms with Crippen molar-refractivity contribution in [3.63, 3.8) is 0 Å². The van der Waals surface area contributed by atoms with Gasteiger partial charge in [0.2, 0.25) is 0 Å². The van der Waals surface area contributed by atoms with Gasteiger partial charge in [-0.3, -0.25) is 4.68 Å². The van der Waals surface area contributed by atoms with Crippen molar-refractivity contribution in [3.8, 4) is 0 Å². The van der Waals surface area contributed by atoms with Crippen LogP contribution >= 0.6 is 15.9 Å². The molecule has 2 N–H and O–H groups in total. The van der Waals surface area contributed by atoms with Gasteiger partial charge in [-0.05, 0) is 48.8 Å². The molecule has 0 spiro atoms. The fraction of sp³-hybridized carbons (Fsp3) is 0.727. The van der Waals surface area contributed by atoms with Gasteiger partial charge in [-0.2, -0.15) is 5.10 Å². The lowest BCUT2D eigenvalue weighted by Gasteiger charge is -2.32. The van der Waals surface area contributed by atoms with E-state index in [2.05, 4.69) is 33.0 Å².